The van der Waals surface area contributed by atoms with Crippen molar-refractivity contribution in [2.24, 2.45) is 0 Å². The third-order valence-electron chi connectivity index (χ3n) is 3.98. The molecular weight excluding hydrogens is 352 g/mol. The Balaban J connectivity index is 1.71. The molecule has 2 aliphatic heterocycles. The zero-order valence-electron chi connectivity index (χ0n) is 14.9. The zero-order chi connectivity index (χ0) is 17.9. The van der Waals surface area contributed by atoms with Crippen molar-refractivity contribution >= 4 is 11.8 Å². The average Bonchev–Trinajstić information content (AvgIpc) is 3.00. The number of hydrogen-bond acceptors (Lipinski definition) is 6. The lowest BCUT2D eigenvalue weighted by Crippen LogP contribution is -2.25. The Morgan fingerprint density at radius 1 is 0.923 bits per heavy atom. The normalized spacial score (nSPS) is 19.0. The minimum absolute atomic E-state index is 0.00405. The van der Waals surface area contributed by atoms with Gasteiger partial charge in [-0.25, -0.2) is 0 Å². The molecule has 2 aromatic rings. The summed E-state index contributed by atoms with van der Waals surface area (Å²) in [6, 6.07) is 11.8. The van der Waals surface area contributed by atoms with Crippen molar-refractivity contribution in [3.63, 3.8) is 0 Å². The summed E-state index contributed by atoms with van der Waals surface area (Å²) in [6.45, 7) is 4.48. The fraction of sp³-hybridized carbons (Fsp3) is 0.400. The predicted molar refractivity (Wildman–Crippen MR) is 98.5 cm³/mol. The number of benzene rings is 2. The summed E-state index contributed by atoms with van der Waals surface area (Å²) in [5.74, 6) is 2.99. The summed E-state index contributed by atoms with van der Waals surface area (Å²) < 4.78 is 29.4. The maximum Gasteiger partial charge on any atom is 0.361 e. The van der Waals surface area contributed by atoms with Gasteiger partial charge in [-0.1, -0.05) is 23.9 Å². The van der Waals surface area contributed by atoms with E-state index < -0.39 is 6.48 Å². The third-order valence-corrected chi connectivity index (χ3v) is 5.12. The van der Waals surface area contributed by atoms with Crippen molar-refractivity contribution in [2.75, 3.05) is 13.2 Å². The molecular formula is C20H22O5S. The molecule has 0 amide bonds. The van der Waals surface area contributed by atoms with Crippen LogP contribution in [0.1, 0.15) is 26.7 Å². The van der Waals surface area contributed by atoms with Gasteiger partial charge in [0.2, 0.25) is 0 Å². The number of fused-ring (bicyclic) bond motifs is 4. The lowest BCUT2D eigenvalue weighted by Gasteiger charge is -2.15. The van der Waals surface area contributed by atoms with E-state index in [0.29, 0.717) is 24.7 Å². The van der Waals surface area contributed by atoms with E-state index in [1.54, 1.807) is 11.8 Å². The number of hydrogen-bond donors (Lipinski definition) is 0. The van der Waals surface area contributed by atoms with Gasteiger partial charge in [-0.15, -0.1) is 0 Å². The summed E-state index contributed by atoms with van der Waals surface area (Å²) >= 11 is 1.56. The first-order valence-electron chi connectivity index (χ1n) is 8.89. The van der Waals surface area contributed by atoms with Crippen LogP contribution in [0.3, 0.4) is 0 Å². The van der Waals surface area contributed by atoms with E-state index >= 15 is 0 Å². The SMILES string of the molecule is CC(C)OC1Oc2ccc3c(c2O1)Sc1ccccc1OCCCCO3. The Morgan fingerprint density at radius 2 is 1.65 bits per heavy atom. The van der Waals surface area contributed by atoms with E-state index in [9.17, 15) is 0 Å². The van der Waals surface area contributed by atoms with Crippen molar-refractivity contribution < 1.29 is 23.7 Å². The lowest BCUT2D eigenvalue weighted by molar-refractivity contribution is -0.196. The van der Waals surface area contributed by atoms with Crippen molar-refractivity contribution in [1.82, 2.24) is 0 Å². The van der Waals surface area contributed by atoms with Crippen LogP contribution in [0.15, 0.2) is 46.2 Å². The highest BCUT2D eigenvalue weighted by atomic mass is 32.2. The largest absolute Gasteiger partial charge is 0.492 e. The number of ether oxygens (including phenoxy) is 5. The van der Waals surface area contributed by atoms with Gasteiger partial charge in [-0.05, 0) is 51.0 Å². The molecule has 0 saturated carbocycles. The summed E-state index contributed by atoms with van der Waals surface area (Å²) in [7, 11) is 0. The minimum atomic E-state index is -0.734. The smallest absolute Gasteiger partial charge is 0.361 e. The lowest BCUT2D eigenvalue weighted by atomic mass is 10.3. The molecule has 2 aliphatic rings. The molecule has 5 nitrogen and oxygen atoms in total. The Kier molecular flexibility index (Phi) is 5.13. The van der Waals surface area contributed by atoms with Crippen LogP contribution in [-0.4, -0.2) is 25.8 Å². The molecule has 2 aromatic carbocycles. The van der Waals surface area contributed by atoms with Gasteiger partial charge in [-0.2, -0.15) is 0 Å². The van der Waals surface area contributed by atoms with Gasteiger partial charge in [0.25, 0.3) is 0 Å². The highest BCUT2D eigenvalue weighted by Crippen LogP contribution is 2.51. The Morgan fingerprint density at radius 3 is 2.46 bits per heavy atom. The van der Waals surface area contributed by atoms with E-state index in [2.05, 4.69) is 0 Å². The molecule has 0 spiro atoms. The molecule has 1 atom stereocenters. The van der Waals surface area contributed by atoms with Gasteiger partial charge in [-0.3, -0.25) is 0 Å². The summed E-state index contributed by atoms with van der Waals surface area (Å²) in [5.41, 5.74) is 0. The van der Waals surface area contributed by atoms with Crippen LogP contribution in [0.5, 0.6) is 23.0 Å². The molecule has 0 saturated heterocycles. The fourth-order valence-corrected chi connectivity index (χ4v) is 3.84. The summed E-state index contributed by atoms with van der Waals surface area (Å²) in [6.07, 6.45) is 1.88. The second-order valence-corrected chi connectivity index (χ2v) is 7.43. The van der Waals surface area contributed by atoms with E-state index in [4.69, 9.17) is 23.7 Å². The van der Waals surface area contributed by atoms with Gasteiger partial charge < -0.3 is 23.7 Å². The van der Waals surface area contributed by atoms with Crippen LogP contribution in [0.2, 0.25) is 0 Å². The molecule has 0 fully saturated rings. The van der Waals surface area contributed by atoms with Crippen LogP contribution in [0.25, 0.3) is 0 Å². The first-order valence-corrected chi connectivity index (χ1v) is 9.70. The molecule has 26 heavy (non-hydrogen) atoms. The number of rotatable bonds is 2. The van der Waals surface area contributed by atoms with Gasteiger partial charge in [0, 0.05) is 0 Å². The maximum atomic E-state index is 6.02. The standard InChI is InChI=1S/C20H22O5S/c1-13(2)23-20-24-15-9-10-16-19(18(15)25-20)26-17-8-4-3-7-14(17)21-11-5-6-12-22-16/h3-4,7-10,13,20H,5-6,11-12H2,1-2H3. The van der Waals surface area contributed by atoms with Crippen LogP contribution >= 0.6 is 11.8 Å². The van der Waals surface area contributed by atoms with Crippen LogP contribution in [0.4, 0.5) is 0 Å². The van der Waals surface area contributed by atoms with Crippen molar-refractivity contribution in [3.05, 3.63) is 36.4 Å². The van der Waals surface area contributed by atoms with E-state index in [1.807, 2.05) is 50.2 Å². The van der Waals surface area contributed by atoms with Gasteiger partial charge in [0.05, 0.1) is 24.2 Å². The van der Waals surface area contributed by atoms with Crippen LogP contribution in [-0.2, 0) is 4.74 Å². The van der Waals surface area contributed by atoms with Gasteiger partial charge in [0.15, 0.2) is 11.5 Å². The molecule has 0 aromatic heterocycles. The van der Waals surface area contributed by atoms with Crippen LogP contribution < -0.4 is 18.9 Å². The van der Waals surface area contributed by atoms with Gasteiger partial charge in [0.1, 0.15) is 16.4 Å². The van der Waals surface area contributed by atoms with Crippen molar-refractivity contribution in [1.29, 1.82) is 0 Å². The quantitative estimate of drug-likeness (QED) is 0.747. The third kappa shape index (κ3) is 3.71. The first kappa shape index (κ1) is 17.4. The minimum Gasteiger partial charge on any atom is -0.492 e. The molecule has 0 aliphatic carbocycles. The van der Waals surface area contributed by atoms with E-state index in [-0.39, 0.29) is 6.10 Å². The average molecular weight is 374 g/mol. The molecule has 4 rings (SSSR count). The highest BCUT2D eigenvalue weighted by molar-refractivity contribution is 7.99. The van der Waals surface area contributed by atoms with E-state index in [0.717, 1.165) is 34.1 Å². The second kappa shape index (κ2) is 7.68. The zero-order valence-corrected chi connectivity index (χ0v) is 15.7. The predicted octanol–water partition coefficient (Wildman–Crippen LogP) is 4.87. The monoisotopic (exact) mass is 374 g/mol. The first-order chi connectivity index (χ1) is 12.7. The molecule has 0 radical (unpaired) electrons. The highest BCUT2D eigenvalue weighted by Gasteiger charge is 2.31. The topological polar surface area (TPSA) is 46.2 Å². The molecule has 0 bridgehead atoms. The summed E-state index contributed by atoms with van der Waals surface area (Å²) in [4.78, 5) is 1.90. The molecule has 1 unspecified atom stereocenters. The van der Waals surface area contributed by atoms with E-state index in [1.165, 1.54) is 0 Å². The molecule has 0 N–H and O–H groups in total. The van der Waals surface area contributed by atoms with Crippen LogP contribution in [0, 0.1) is 0 Å². The molecule has 6 heteroatoms. The van der Waals surface area contributed by atoms with Gasteiger partial charge >= 0.3 is 6.48 Å². The van der Waals surface area contributed by atoms with Crippen molar-refractivity contribution in [2.45, 2.75) is 49.1 Å². The Hall–Kier alpha value is -2.05. The number of para-hydroxylation sites is 1. The Labute approximate surface area is 157 Å². The fourth-order valence-electron chi connectivity index (χ4n) is 2.78. The second-order valence-electron chi connectivity index (χ2n) is 6.38. The maximum absolute atomic E-state index is 6.02. The summed E-state index contributed by atoms with van der Waals surface area (Å²) in [5, 5.41) is 0. The molecule has 2 heterocycles. The molecule has 138 valence electrons. The van der Waals surface area contributed by atoms with Crippen molar-refractivity contribution in [3.8, 4) is 23.0 Å². The Bertz CT molecular complexity index is 777.